The molecule has 132 valence electrons. The third-order valence-corrected chi connectivity index (χ3v) is 4.01. The number of carbonyl (C=O) groups is 2. The SMILES string of the molecule is CCC(C)c1ccccc1OC(=O)N(C)C(=O)COc1ccccc1. The zero-order valence-electron chi connectivity index (χ0n) is 14.8. The molecular weight excluding hydrogens is 318 g/mol. The van der Waals surface area contributed by atoms with E-state index in [4.69, 9.17) is 9.47 Å². The lowest BCUT2D eigenvalue weighted by Gasteiger charge is -2.18. The summed E-state index contributed by atoms with van der Waals surface area (Å²) in [6, 6.07) is 16.3. The molecule has 0 aliphatic heterocycles. The summed E-state index contributed by atoms with van der Waals surface area (Å²) < 4.78 is 10.8. The van der Waals surface area contributed by atoms with Crippen LogP contribution in [0.4, 0.5) is 4.79 Å². The summed E-state index contributed by atoms with van der Waals surface area (Å²) in [7, 11) is 1.38. The first kappa shape index (κ1) is 18.5. The fourth-order valence-corrected chi connectivity index (χ4v) is 2.22. The van der Waals surface area contributed by atoms with Gasteiger partial charge >= 0.3 is 6.09 Å². The maximum Gasteiger partial charge on any atom is 0.421 e. The summed E-state index contributed by atoms with van der Waals surface area (Å²) in [5, 5.41) is 0. The maximum absolute atomic E-state index is 12.3. The van der Waals surface area contributed by atoms with Crippen molar-refractivity contribution in [1.29, 1.82) is 0 Å². The Morgan fingerprint density at radius 3 is 2.36 bits per heavy atom. The number of para-hydroxylation sites is 2. The molecule has 2 aromatic rings. The molecule has 0 spiro atoms. The molecule has 2 amide bonds. The molecule has 25 heavy (non-hydrogen) atoms. The van der Waals surface area contributed by atoms with Crippen molar-refractivity contribution in [2.45, 2.75) is 26.2 Å². The first-order valence-electron chi connectivity index (χ1n) is 8.28. The summed E-state index contributed by atoms with van der Waals surface area (Å²) in [6.45, 7) is 3.90. The highest BCUT2D eigenvalue weighted by atomic mass is 16.6. The van der Waals surface area contributed by atoms with Crippen LogP contribution in [0.2, 0.25) is 0 Å². The number of benzene rings is 2. The van der Waals surface area contributed by atoms with Crippen LogP contribution in [0.3, 0.4) is 0 Å². The summed E-state index contributed by atoms with van der Waals surface area (Å²) in [4.78, 5) is 25.3. The maximum atomic E-state index is 12.3. The zero-order valence-corrected chi connectivity index (χ0v) is 14.8. The second-order valence-corrected chi connectivity index (χ2v) is 5.77. The molecule has 2 aromatic carbocycles. The van der Waals surface area contributed by atoms with Gasteiger partial charge in [-0.3, -0.25) is 4.79 Å². The molecule has 0 N–H and O–H groups in total. The molecule has 5 heteroatoms. The lowest BCUT2D eigenvalue weighted by Crippen LogP contribution is -2.38. The van der Waals surface area contributed by atoms with Crippen molar-refractivity contribution in [2.24, 2.45) is 0 Å². The monoisotopic (exact) mass is 341 g/mol. The number of nitrogens with zero attached hydrogens (tertiary/aromatic N) is 1. The van der Waals surface area contributed by atoms with Crippen molar-refractivity contribution in [3.05, 3.63) is 60.2 Å². The van der Waals surface area contributed by atoms with Gasteiger partial charge in [-0.05, 0) is 36.1 Å². The number of imide groups is 1. The third kappa shape index (κ3) is 5.08. The first-order chi connectivity index (χ1) is 12.0. The van der Waals surface area contributed by atoms with Gasteiger partial charge in [0, 0.05) is 7.05 Å². The van der Waals surface area contributed by atoms with Crippen molar-refractivity contribution in [3.63, 3.8) is 0 Å². The second kappa shape index (κ2) is 8.87. The van der Waals surface area contributed by atoms with E-state index >= 15 is 0 Å². The van der Waals surface area contributed by atoms with Gasteiger partial charge in [0.1, 0.15) is 11.5 Å². The van der Waals surface area contributed by atoms with Crippen molar-refractivity contribution in [3.8, 4) is 11.5 Å². The predicted molar refractivity (Wildman–Crippen MR) is 95.9 cm³/mol. The number of ether oxygens (including phenoxy) is 2. The molecule has 5 nitrogen and oxygen atoms in total. The van der Waals surface area contributed by atoms with Crippen molar-refractivity contribution in [1.82, 2.24) is 4.90 Å². The van der Waals surface area contributed by atoms with Crippen LogP contribution in [-0.4, -0.2) is 30.6 Å². The van der Waals surface area contributed by atoms with E-state index in [0.717, 1.165) is 16.9 Å². The van der Waals surface area contributed by atoms with Gasteiger partial charge in [-0.25, -0.2) is 9.69 Å². The Kier molecular flexibility index (Phi) is 6.57. The van der Waals surface area contributed by atoms with Crippen LogP contribution in [0.5, 0.6) is 11.5 Å². The topological polar surface area (TPSA) is 55.8 Å². The Bertz CT molecular complexity index is 715. The van der Waals surface area contributed by atoms with Gasteiger partial charge in [-0.15, -0.1) is 0 Å². The molecule has 0 aliphatic carbocycles. The number of hydrogen-bond donors (Lipinski definition) is 0. The highest BCUT2D eigenvalue weighted by Crippen LogP contribution is 2.28. The van der Waals surface area contributed by atoms with Crippen LogP contribution >= 0.6 is 0 Å². The molecule has 0 aliphatic rings. The molecule has 0 bridgehead atoms. The summed E-state index contributed by atoms with van der Waals surface area (Å²) in [5.74, 6) is 0.825. The molecule has 1 atom stereocenters. The average Bonchev–Trinajstić information content (AvgIpc) is 2.66. The Balaban J connectivity index is 1.97. The van der Waals surface area contributed by atoms with E-state index in [1.165, 1.54) is 7.05 Å². The molecule has 0 saturated carbocycles. The minimum atomic E-state index is -0.725. The number of hydrogen-bond acceptors (Lipinski definition) is 4. The Morgan fingerprint density at radius 1 is 1.04 bits per heavy atom. The Hall–Kier alpha value is -2.82. The normalized spacial score (nSPS) is 11.5. The second-order valence-electron chi connectivity index (χ2n) is 5.77. The van der Waals surface area contributed by atoms with Gasteiger partial charge in [0.2, 0.25) is 0 Å². The first-order valence-corrected chi connectivity index (χ1v) is 8.28. The molecule has 0 heterocycles. The smallest absolute Gasteiger partial charge is 0.421 e. The Labute approximate surface area is 148 Å². The fourth-order valence-electron chi connectivity index (χ4n) is 2.22. The van der Waals surface area contributed by atoms with Crippen LogP contribution < -0.4 is 9.47 Å². The van der Waals surface area contributed by atoms with Crippen LogP contribution in [0.25, 0.3) is 0 Å². The molecule has 1 unspecified atom stereocenters. The summed E-state index contributed by atoms with van der Waals surface area (Å²) >= 11 is 0. The van der Waals surface area contributed by atoms with Crippen molar-refractivity contribution in [2.75, 3.05) is 13.7 Å². The van der Waals surface area contributed by atoms with Crippen LogP contribution in [0, 0.1) is 0 Å². The van der Waals surface area contributed by atoms with E-state index in [1.54, 1.807) is 24.3 Å². The van der Waals surface area contributed by atoms with E-state index in [2.05, 4.69) is 13.8 Å². The molecule has 0 radical (unpaired) electrons. The third-order valence-electron chi connectivity index (χ3n) is 4.01. The quantitative estimate of drug-likeness (QED) is 0.789. The van der Waals surface area contributed by atoms with E-state index in [1.807, 2.05) is 30.3 Å². The molecule has 0 saturated heterocycles. The zero-order chi connectivity index (χ0) is 18.2. The highest BCUT2D eigenvalue weighted by Gasteiger charge is 2.21. The van der Waals surface area contributed by atoms with E-state index in [-0.39, 0.29) is 12.5 Å². The predicted octanol–water partition coefficient (Wildman–Crippen LogP) is 4.24. The van der Waals surface area contributed by atoms with E-state index < -0.39 is 12.0 Å². The van der Waals surface area contributed by atoms with Crippen LogP contribution in [0.1, 0.15) is 31.7 Å². The number of rotatable bonds is 6. The van der Waals surface area contributed by atoms with Gasteiger partial charge in [0.25, 0.3) is 5.91 Å². The fraction of sp³-hybridized carbons (Fsp3) is 0.300. The molecule has 2 rings (SSSR count). The number of carbonyl (C=O) groups excluding carboxylic acids is 2. The largest absolute Gasteiger partial charge is 0.484 e. The molecule has 0 fully saturated rings. The Morgan fingerprint density at radius 2 is 1.68 bits per heavy atom. The van der Waals surface area contributed by atoms with Gasteiger partial charge in [-0.2, -0.15) is 0 Å². The summed E-state index contributed by atoms with van der Waals surface area (Å²) in [6.07, 6.45) is 0.200. The van der Waals surface area contributed by atoms with Crippen molar-refractivity contribution >= 4 is 12.0 Å². The summed E-state index contributed by atoms with van der Waals surface area (Å²) in [5.41, 5.74) is 0.944. The van der Waals surface area contributed by atoms with Gasteiger partial charge < -0.3 is 9.47 Å². The van der Waals surface area contributed by atoms with Gasteiger partial charge in [-0.1, -0.05) is 50.2 Å². The molecular formula is C20H23NO4. The minimum absolute atomic E-state index is 0.234. The standard InChI is InChI=1S/C20H23NO4/c1-4-15(2)17-12-8-9-13-18(17)25-20(23)21(3)19(22)14-24-16-10-6-5-7-11-16/h5-13,15H,4,14H2,1-3H3. The van der Waals surface area contributed by atoms with Gasteiger partial charge in [0.15, 0.2) is 6.61 Å². The average molecular weight is 341 g/mol. The minimum Gasteiger partial charge on any atom is -0.484 e. The highest BCUT2D eigenvalue weighted by molar-refractivity contribution is 5.93. The van der Waals surface area contributed by atoms with Crippen LogP contribution in [0.15, 0.2) is 54.6 Å². The lowest BCUT2D eigenvalue weighted by molar-refractivity contribution is -0.129. The van der Waals surface area contributed by atoms with E-state index in [0.29, 0.717) is 11.5 Å². The number of likely N-dealkylation sites (N-methyl/N-ethyl adjacent to an activating group) is 1. The van der Waals surface area contributed by atoms with Crippen molar-refractivity contribution < 1.29 is 19.1 Å². The van der Waals surface area contributed by atoms with Crippen LogP contribution in [-0.2, 0) is 4.79 Å². The van der Waals surface area contributed by atoms with E-state index in [9.17, 15) is 9.59 Å². The number of amides is 2. The van der Waals surface area contributed by atoms with Gasteiger partial charge in [0.05, 0.1) is 0 Å². The lowest BCUT2D eigenvalue weighted by atomic mass is 9.98. The molecule has 0 aromatic heterocycles.